The van der Waals surface area contributed by atoms with Crippen molar-refractivity contribution < 1.29 is 13.9 Å². The van der Waals surface area contributed by atoms with Crippen LogP contribution in [0.25, 0.3) is 0 Å². The minimum absolute atomic E-state index is 0.257. The summed E-state index contributed by atoms with van der Waals surface area (Å²) in [6.45, 7) is 1.85. The first-order chi connectivity index (χ1) is 4.24. The molecule has 1 heterocycles. The molecular formula is C5H7FO2S. The molecule has 0 aliphatic carbocycles. The highest BCUT2D eigenvalue weighted by atomic mass is 32.2. The van der Waals surface area contributed by atoms with Gasteiger partial charge < -0.3 is 4.74 Å². The van der Waals surface area contributed by atoms with Crippen molar-refractivity contribution in [2.45, 2.75) is 24.3 Å². The van der Waals surface area contributed by atoms with Crippen LogP contribution in [0.5, 0.6) is 0 Å². The summed E-state index contributed by atoms with van der Waals surface area (Å²) in [4.78, 5) is 10.3. The summed E-state index contributed by atoms with van der Waals surface area (Å²) in [7, 11) is 0. The summed E-state index contributed by atoms with van der Waals surface area (Å²) in [5.41, 5.74) is -1.71. The minimum atomic E-state index is -1.45. The molecule has 0 aromatic heterocycles. The molecule has 0 aromatic carbocycles. The molecule has 4 heteroatoms. The van der Waals surface area contributed by atoms with Crippen LogP contribution < -0.4 is 0 Å². The number of carbonyl (C=O) groups excluding carboxylic acids is 1. The van der Waals surface area contributed by atoms with Crippen LogP contribution in [0, 0.1) is 0 Å². The summed E-state index contributed by atoms with van der Waals surface area (Å²) >= 11 is 0.935. The Morgan fingerprint density at radius 2 is 2.56 bits per heavy atom. The van der Waals surface area contributed by atoms with Crippen LogP contribution >= 0.6 is 11.8 Å². The Labute approximate surface area is 56.8 Å². The lowest BCUT2D eigenvalue weighted by atomic mass is 10.5. The number of ether oxygens (including phenoxy) is 1. The highest BCUT2D eigenvalue weighted by Crippen LogP contribution is 2.30. The van der Waals surface area contributed by atoms with Gasteiger partial charge in [-0.15, -0.1) is 0 Å². The van der Waals surface area contributed by atoms with E-state index in [1.807, 2.05) is 6.92 Å². The molecule has 0 bridgehead atoms. The molecular weight excluding hydrogens is 143 g/mol. The van der Waals surface area contributed by atoms with Crippen LogP contribution in [-0.2, 0) is 9.53 Å². The molecule has 9 heavy (non-hydrogen) atoms. The monoisotopic (exact) mass is 150 g/mol. The van der Waals surface area contributed by atoms with Crippen molar-refractivity contribution in [3.63, 3.8) is 0 Å². The van der Waals surface area contributed by atoms with Gasteiger partial charge in [0.1, 0.15) is 0 Å². The zero-order valence-corrected chi connectivity index (χ0v) is 5.78. The largest absolute Gasteiger partial charge is 0.448 e. The number of thioether (sulfide) groups is 1. The van der Waals surface area contributed by atoms with Crippen molar-refractivity contribution in [3.8, 4) is 0 Å². The van der Waals surface area contributed by atoms with Gasteiger partial charge in [-0.05, 0) is 6.42 Å². The zero-order chi connectivity index (χ0) is 6.85. The van der Waals surface area contributed by atoms with E-state index in [0.717, 1.165) is 11.8 Å². The van der Waals surface area contributed by atoms with E-state index >= 15 is 0 Å². The molecule has 1 saturated heterocycles. The van der Waals surface area contributed by atoms with Gasteiger partial charge in [0, 0.05) is 0 Å². The summed E-state index contributed by atoms with van der Waals surface area (Å²) < 4.78 is 16.8. The van der Waals surface area contributed by atoms with Gasteiger partial charge in [0.2, 0.25) is 5.50 Å². The molecule has 0 amide bonds. The third-order valence-electron chi connectivity index (χ3n) is 1.04. The van der Waals surface area contributed by atoms with Crippen LogP contribution in [0.4, 0.5) is 4.39 Å². The molecule has 0 radical (unpaired) electrons. The van der Waals surface area contributed by atoms with E-state index in [-0.39, 0.29) is 5.44 Å². The van der Waals surface area contributed by atoms with Gasteiger partial charge in [0.15, 0.2) is 5.44 Å². The summed E-state index contributed by atoms with van der Waals surface area (Å²) in [5.74, 6) is -0.730. The number of carbonyl (C=O) groups is 1. The molecule has 0 unspecified atom stereocenters. The smallest absolute Gasteiger partial charge is 0.352 e. The number of halogens is 1. The first-order valence-electron chi connectivity index (χ1n) is 2.74. The van der Waals surface area contributed by atoms with Gasteiger partial charge in [0.05, 0.1) is 0 Å². The fourth-order valence-electron chi connectivity index (χ4n) is 0.579. The number of cyclic esters (lactones) is 1. The molecule has 1 rings (SSSR count). The van der Waals surface area contributed by atoms with Gasteiger partial charge in [-0.25, -0.2) is 9.18 Å². The van der Waals surface area contributed by atoms with Gasteiger partial charge in [-0.1, -0.05) is 18.7 Å². The fraction of sp³-hybridized carbons (Fsp3) is 0.800. The number of esters is 1. The second-order valence-corrected chi connectivity index (χ2v) is 2.94. The van der Waals surface area contributed by atoms with Crippen molar-refractivity contribution in [1.82, 2.24) is 0 Å². The van der Waals surface area contributed by atoms with E-state index < -0.39 is 11.5 Å². The van der Waals surface area contributed by atoms with Crippen LogP contribution in [0.1, 0.15) is 13.3 Å². The maximum absolute atomic E-state index is 12.2. The van der Waals surface area contributed by atoms with E-state index in [0.29, 0.717) is 6.42 Å². The first-order valence-corrected chi connectivity index (χ1v) is 3.68. The molecule has 1 fully saturated rings. The van der Waals surface area contributed by atoms with Gasteiger partial charge in [-0.2, -0.15) is 0 Å². The zero-order valence-electron chi connectivity index (χ0n) is 4.96. The Morgan fingerprint density at radius 1 is 1.89 bits per heavy atom. The molecule has 0 aromatic rings. The van der Waals surface area contributed by atoms with E-state index in [4.69, 9.17) is 0 Å². The lowest BCUT2D eigenvalue weighted by Crippen LogP contribution is -2.06. The molecule has 2 atom stereocenters. The van der Waals surface area contributed by atoms with Crippen LogP contribution in [0.3, 0.4) is 0 Å². The van der Waals surface area contributed by atoms with Crippen molar-refractivity contribution in [2.24, 2.45) is 0 Å². The van der Waals surface area contributed by atoms with Crippen molar-refractivity contribution >= 4 is 17.7 Å². The molecule has 0 N–H and O–H groups in total. The average molecular weight is 150 g/mol. The third kappa shape index (κ3) is 1.36. The van der Waals surface area contributed by atoms with Crippen LogP contribution in [0.2, 0.25) is 0 Å². The summed E-state index contributed by atoms with van der Waals surface area (Å²) in [5, 5.41) is 0. The van der Waals surface area contributed by atoms with Crippen LogP contribution in [-0.4, -0.2) is 16.9 Å². The van der Waals surface area contributed by atoms with E-state index in [1.54, 1.807) is 0 Å². The SMILES string of the molecule is CC[C@H]1OC(=O)[C@H](F)S1. The Morgan fingerprint density at radius 3 is 2.78 bits per heavy atom. The standard InChI is InChI=1S/C5H7FO2S/c1-2-3-8-5(7)4(6)9-3/h3-4H,2H2,1H3/t3-,4+/m0/s1. The average Bonchev–Trinajstić information content (AvgIpc) is 2.13. The Bertz CT molecular complexity index is 128. The number of hydrogen-bond donors (Lipinski definition) is 0. The maximum Gasteiger partial charge on any atom is 0.352 e. The Balaban J connectivity index is 2.44. The predicted molar refractivity (Wildman–Crippen MR) is 32.7 cm³/mol. The van der Waals surface area contributed by atoms with Gasteiger partial charge in [0.25, 0.3) is 0 Å². The third-order valence-corrected chi connectivity index (χ3v) is 2.20. The second kappa shape index (κ2) is 2.56. The van der Waals surface area contributed by atoms with Crippen molar-refractivity contribution in [2.75, 3.05) is 0 Å². The molecule has 0 spiro atoms. The molecule has 1 aliphatic rings. The Kier molecular flexibility index (Phi) is 1.95. The van der Waals surface area contributed by atoms with Crippen molar-refractivity contribution in [3.05, 3.63) is 0 Å². The molecule has 52 valence electrons. The second-order valence-electron chi connectivity index (χ2n) is 1.73. The number of hydrogen-bond acceptors (Lipinski definition) is 3. The first kappa shape index (κ1) is 6.86. The highest BCUT2D eigenvalue weighted by Gasteiger charge is 2.33. The lowest BCUT2D eigenvalue weighted by molar-refractivity contribution is -0.145. The topological polar surface area (TPSA) is 26.3 Å². The lowest BCUT2D eigenvalue weighted by Gasteiger charge is -2.00. The van der Waals surface area contributed by atoms with E-state index in [1.165, 1.54) is 0 Å². The summed E-state index contributed by atoms with van der Waals surface area (Å²) in [6, 6.07) is 0. The van der Waals surface area contributed by atoms with Gasteiger partial charge in [-0.3, -0.25) is 0 Å². The van der Waals surface area contributed by atoms with Crippen LogP contribution in [0.15, 0.2) is 0 Å². The minimum Gasteiger partial charge on any atom is -0.448 e. The normalized spacial score (nSPS) is 34.7. The fourth-order valence-corrected chi connectivity index (χ4v) is 1.36. The maximum atomic E-state index is 12.2. The number of alkyl halides is 1. The van der Waals surface area contributed by atoms with Crippen molar-refractivity contribution in [1.29, 1.82) is 0 Å². The molecule has 1 aliphatic heterocycles. The molecule has 0 saturated carbocycles. The van der Waals surface area contributed by atoms with E-state index in [2.05, 4.69) is 4.74 Å². The quantitative estimate of drug-likeness (QED) is 0.527. The Hall–Kier alpha value is -0.250. The molecule has 2 nitrogen and oxygen atoms in total. The summed E-state index contributed by atoms with van der Waals surface area (Å²) in [6.07, 6.45) is 0.677. The van der Waals surface area contributed by atoms with E-state index in [9.17, 15) is 9.18 Å². The highest BCUT2D eigenvalue weighted by molar-refractivity contribution is 8.01. The number of rotatable bonds is 1. The van der Waals surface area contributed by atoms with Gasteiger partial charge >= 0.3 is 5.97 Å². The predicted octanol–water partition coefficient (Wildman–Crippen LogP) is 1.31.